The van der Waals surface area contributed by atoms with Gasteiger partial charge >= 0.3 is 0 Å². The number of anilines is 1. The number of hydrogen-bond donors (Lipinski definition) is 2. The van der Waals surface area contributed by atoms with Crippen molar-refractivity contribution in [2.45, 2.75) is 6.54 Å². The van der Waals surface area contributed by atoms with Crippen molar-refractivity contribution in [2.75, 3.05) is 5.32 Å². The molecule has 0 aliphatic rings. The molecular weight excluding hydrogens is 330 g/mol. The Labute approximate surface area is 122 Å². The van der Waals surface area contributed by atoms with Crippen molar-refractivity contribution in [3.8, 4) is 0 Å². The molecule has 3 N–H and O–H groups in total. The molecule has 0 saturated heterocycles. The van der Waals surface area contributed by atoms with Gasteiger partial charge in [0.2, 0.25) is 5.91 Å². The number of nitrogens with one attached hydrogen (secondary N) is 1. The fourth-order valence-electron chi connectivity index (χ4n) is 1.74. The van der Waals surface area contributed by atoms with Gasteiger partial charge in [0, 0.05) is 16.6 Å². The third kappa shape index (κ3) is 3.33. The molecule has 104 valence electrons. The normalized spacial score (nSPS) is 10.3. The summed E-state index contributed by atoms with van der Waals surface area (Å²) < 4.78 is 27.6. The maximum absolute atomic E-state index is 13.6. The monoisotopic (exact) mass is 340 g/mol. The predicted molar refractivity (Wildman–Crippen MR) is 76.3 cm³/mol. The minimum absolute atomic E-state index is 0.177. The van der Waals surface area contributed by atoms with E-state index in [0.29, 0.717) is 15.6 Å². The van der Waals surface area contributed by atoms with Gasteiger partial charge in [0.15, 0.2) is 0 Å². The van der Waals surface area contributed by atoms with Crippen LogP contribution in [0, 0.1) is 11.6 Å². The fraction of sp³-hybridized carbons (Fsp3) is 0.0714. The number of rotatable bonds is 4. The number of halogens is 3. The molecule has 0 heterocycles. The van der Waals surface area contributed by atoms with Crippen LogP contribution in [-0.2, 0) is 6.54 Å². The van der Waals surface area contributed by atoms with E-state index in [1.54, 1.807) is 24.3 Å². The number of primary amides is 1. The third-order valence-electron chi connectivity index (χ3n) is 2.69. The first-order valence-electron chi connectivity index (χ1n) is 5.74. The maximum atomic E-state index is 13.6. The van der Waals surface area contributed by atoms with Gasteiger partial charge in [-0.15, -0.1) is 0 Å². The molecule has 0 saturated carbocycles. The molecule has 0 aliphatic carbocycles. The molecule has 0 aromatic heterocycles. The quantitative estimate of drug-likeness (QED) is 0.895. The average Bonchev–Trinajstić information content (AvgIpc) is 2.37. The number of nitrogens with two attached hydrogens (primary N) is 1. The average molecular weight is 341 g/mol. The molecule has 0 radical (unpaired) electrons. The van der Waals surface area contributed by atoms with Crippen molar-refractivity contribution in [3.63, 3.8) is 0 Å². The van der Waals surface area contributed by atoms with Gasteiger partial charge in [0.05, 0.1) is 0 Å². The summed E-state index contributed by atoms with van der Waals surface area (Å²) in [7, 11) is 0. The highest BCUT2D eigenvalue weighted by Crippen LogP contribution is 2.24. The van der Waals surface area contributed by atoms with Gasteiger partial charge in [-0.2, -0.15) is 0 Å². The van der Waals surface area contributed by atoms with Gasteiger partial charge in [-0.1, -0.05) is 28.1 Å². The van der Waals surface area contributed by atoms with Crippen molar-refractivity contribution in [3.05, 3.63) is 63.6 Å². The van der Waals surface area contributed by atoms with E-state index in [9.17, 15) is 13.6 Å². The SMILES string of the molecule is NC(=O)c1cccc(CNc2c(F)cc(Br)cc2F)c1. The van der Waals surface area contributed by atoms with E-state index in [4.69, 9.17) is 5.73 Å². The Morgan fingerprint density at radius 1 is 1.20 bits per heavy atom. The van der Waals surface area contributed by atoms with E-state index in [1.807, 2.05) is 0 Å². The molecule has 6 heteroatoms. The summed E-state index contributed by atoms with van der Waals surface area (Å²) in [5.41, 5.74) is 6.01. The fourth-order valence-corrected chi connectivity index (χ4v) is 2.14. The van der Waals surface area contributed by atoms with Crippen molar-refractivity contribution < 1.29 is 13.6 Å². The summed E-state index contributed by atoms with van der Waals surface area (Å²) in [4.78, 5) is 11.0. The molecule has 0 bridgehead atoms. The van der Waals surface area contributed by atoms with Gasteiger partial charge in [-0.25, -0.2) is 8.78 Å². The van der Waals surface area contributed by atoms with Crippen LogP contribution >= 0.6 is 15.9 Å². The zero-order valence-corrected chi connectivity index (χ0v) is 11.9. The van der Waals surface area contributed by atoms with Crippen molar-refractivity contribution in [1.82, 2.24) is 0 Å². The molecule has 20 heavy (non-hydrogen) atoms. The molecule has 0 fully saturated rings. The van der Waals surface area contributed by atoms with Crippen molar-refractivity contribution in [1.29, 1.82) is 0 Å². The van der Waals surface area contributed by atoms with Gasteiger partial charge in [0.1, 0.15) is 17.3 Å². The van der Waals surface area contributed by atoms with Crippen LogP contribution in [0.4, 0.5) is 14.5 Å². The smallest absolute Gasteiger partial charge is 0.248 e. The summed E-state index contributed by atoms with van der Waals surface area (Å²) in [6.45, 7) is 0.177. The van der Waals surface area contributed by atoms with E-state index >= 15 is 0 Å². The van der Waals surface area contributed by atoms with Crippen LogP contribution in [0.2, 0.25) is 0 Å². The molecule has 1 amide bonds. The second kappa shape index (κ2) is 6.00. The number of benzene rings is 2. The molecule has 2 aromatic rings. The first kappa shape index (κ1) is 14.5. The topological polar surface area (TPSA) is 55.1 Å². The van der Waals surface area contributed by atoms with Crippen LogP contribution in [0.15, 0.2) is 40.9 Å². The molecule has 0 unspecified atom stereocenters. The Morgan fingerprint density at radius 3 is 2.45 bits per heavy atom. The summed E-state index contributed by atoms with van der Waals surface area (Å²) in [6, 6.07) is 8.88. The van der Waals surface area contributed by atoms with E-state index in [0.717, 1.165) is 0 Å². The summed E-state index contributed by atoms with van der Waals surface area (Å²) in [5.74, 6) is -1.93. The standard InChI is InChI=1S/C14H11BrF2N2O/c15-10-5-11(16)13(12(17)6-10)19-7-8-2-1-3-9(4-8)14(18)20/h1-6,19H,7H2,(H2,18,20). The van der Waals surface area contributed by atoms with Crippen LogP contribution in [0.5, 0.6) is 0 Å². The summed E-state index contributed by atoms with van der Waals surface area (Å²) >= 11 is 3.01. The molecule has 3 nitrogen and oxygen atoms in total. The maximum Gasteiger partial charge on any atom is 0.248 e. The van der Waals surface area contributed by atoms with Crippen LogP contribution in [0.1, 0.15) is 15.9 Å². The van der Waals surface area contributed by atoms with E-state index in [2.05, 4.69) is 21.2 Å². The largest absolute Gasteiger partial charge is 0.376 e. The van der Waals surface area contributed by atoms with Crippen LogP contribution in [0.25, 0.3) is 0 Å². The predicted octanol–water partition coefficient (Wildman–Crippen LogP) is 3.44. The Hall–Kier alpha value is -1.95. The van der Waals surface area contributed by atoms with Crippen LogP contribution in [0.3, 0.4) is 0 Å². The van der Waals surface area contributed by atoms with Crippen LogP contribution < -0.4 is 11.1 Å². The minimum atomic E-state index is -0.692. The Morgan fingerprint density at radius 2 is 1.85 bits per heavy atom. The highest BCUT2D eigenvalue weighted by Gasteiger charge is 2.10. The van der Waals surface area contributed by atoms with Gasteiger partial charge < -0.3 is 11.1 Å². The number of amides is 1. The molecule has 2 rings (SSSR count). The molecule has 0 atom stereocenters. The summed E-state index contributed by atoms with van der Waals surface area (Å²) in [5, 5.41) is 2.67. The summed E-state index contributed by atoms with van der Waals surface area (Å²) in [6.07, 6.45) is 0. The first-order chi connectivity index (χ1) is 9.47. The highest BCUT2D eigenvalue weighted by atomic mass is 79.9. The highest BCUT2D eigenvalue weighted by molar-refractivity contribution is 9.10. The second-order valence-electron chi connectivity index (χ2n) is 4.16. The third-order valence-corrected chi connectivity index (χ3v) is 3.15. The minimum Gasteiger partial charge on any atom is -0.376 e. The number of carbonyl (C=O) groups is 1. The first-order valence-corrected chi connectivity index (χ1v) is 6.54. The zero-order chi connectivity index (χ0) is 14.7. The van der Waals surface area contributed by atoms with Crippen molar-refractivity contribution in [2.24, 2.45) is 5.73 Å². The molecule has 0 spiro atoms. The Balaban J connectivity index is 2.17. The molecule has 0 aliphatic heterocycles. The second-order valence-corrected chi connectivity index (χ2v) is 5.08. The lowest BCUT2D eigenvalue weighted by atomic mass is 10.1. The van der Waals surface area contributed by atoms with Crippen LogP contribution in [-0.4, -0.2) is 5.91 Å². The zero-order valence-electron chi connectivity index (χ0n) is 10.3. The molecule has 2 aromatic carbocycles. The van der Waals surface area contributed by atoms with Gasteiger partial charge in [0.25, 0.3) is 0 Å². The molecular formula is C14H11BrF2N2O. The Bertz CT molecular complexity index is 638. The number of hydrogen-bond acceptors (Lipinski definition) is 2. The lowest BCUT2D eigenvalue weighted by molar-refractivity contribution is 0.1000. The van der Waals surface area contributed by atoms with Crippen molar-refractivity contribution >= 4 is 27.5 Å². The Kier molecular flexibility index (Phi) is 4.34. The van der Waals surface area contributed by atoms with Gasteiger partial charge in [-0.05, 0) is 29.8 Å². The van der Waals surface area contributed by atoms with E-state index < -0.39 is 17.5 Å². The van der Waals surface area contributed by atoms with E-state index in [1.165, 1.54) is 12.1 Å². The van der Waals surface area contributed by atoms with Gasteiger partial charge in [-0.3, -0.25) is 4.79 Å². The lowest BCUT2D eigenvalue weighted by Crippen LogP contribution is -2.11. The lowest BCUT2D eigenvalue weighted by Gasteiger charge is -2.10. The number of carbonyl (C=O) groups excluding carboxylic acids is 1. The van der Waals surface area contributed by atoms with E-state index in [-0.39, 0.29) is 12.2 Å².